The quantitative estimate of drug-likeness (QED) is 0.826. The molecule has 0 aliphatic carbocycles. The summed E-state index contributed by atoms with van der Waals surface area (Å²) in [7, 11) is 1.86. The molecule has 1 amide bonds. The lowest BCUT2D eigenvalue weighted by atomic mass is 10.1. The number of nitrogen functional groups attached to an aromatic ring is 1. The number of nitrogens with one attached hydrogen (secondary N) is 1. The van der Waals surface area contributed by atoms with Gasteiger partial charge in [-0.3, -0.25) is 4.79 Å². The highest BCUT2D eigenvalue weighted by atomic mass is 79.9. The Morgan fingerprint density at radius 2 is 2.32 bits per heavy atom. The fraction of sp³-hybridized carbons (Fsp3) is 0.250. The molecular formula is C12H14BrN5O. The highest BCUT2D eigenvalue weighted by Gasteiger charge is 2.10. The van der Waals surface area contributed by atoms with Crippen molar-refractivity contribution in [3.05, 3.63) is 40.4 Å². The molecule has 0 aliphatic heterocycles. The topological polar surface area (TPSA) is 85.8 Å². The fourth-order valence-corrected chi connectivity index (χ4v) is 2.00. The lowest BCUT2D eigenvalue weighted by molar-refractivity contribution is 0.0954. The van der Waals surface area contributed by atoms with Crippen LogP contribution in [0.1, 0.15) is 16.2 Å². The van der Waals surface area contributed by atoms with E-state index in [-0.39, 0.29) is 5.91 Å². The summed E-state index contributed by atoms with van der Waals surface area (Å²) < 4.78 is 2.64. The van der Waals surface area contributed by atoms with Crippen molar-refractivity contribution in [3.63, 3.8) is 0 Å². The predicted octanol–water partition coefficient (Wildman–Crippen LogP) is 1.13. The number of rotatable bonds is 4. The maximum atomic E-state index is 12.0. The van der Waals surface area contributed by atoms with Gasteiger partial charge in [0.15, 0.2) is 0 Å². The van der Waals surface area contributed by atoms with E-state index in [0.29, 0.717) is 24.2 Å². The first-order chi connectivity index (χ1) is 9.08. The Kier molecular flexibility index (Phi) is 4.16. The lowest BCUT2D eigenvalue weighted by Crippen LogP contribution is -2.27. The number of aromatic nitrogens is 3. The van der Waals surface area contributed by atoms with Gasteiger partial charge < -0.3 is 15.6 Å². The largest absolute Gasteiger partial charge is 0.398 e. The smallest absolute Gasteiger partial charge is 0.253 e. The molecule has 0 fully saturated rings. The van der Waals surface area contributed by atoms with E-state index in [9.17, 15) is 4.79 Å². The molecule has 2 rings (SSSR count). The number of benzene rings is 1. The third-order valence-corrected chi connectivity index (χ3v) is 3.19. The molecule has 0 aliphatic rings. The molecule has 2 aromatic rings. The van der Waals surface area contributed by atoms with Crippen LogP contribution >= 0.6 is 15.9 Å². The molecule has 1 aromatic carbocycles. The van der Waals surface area contributed by atoms with Crippen LogP contribution in [0.15, 0.2) is 29.0 Å². The number of amides is 1. The summed E-state index contributed by atoms with van der Waals surface area (Å²) in [6.07, 6.45) is 2.25. The SMILES string of the molecule is Cn1cnnc1CCNC(=O)c1cc(Br)ccc1N. The monoisotopic (exact) mass is 323 g/mol. The van der Waals surface area contributed by atoms with Crippen molar-refractivity contribution in [1.29, 1.82) is 0 Å². The second-order valence-corrected chi connectivity index (χ2v) is 5.01. The van der Waals surface area contributed by atoms with Crippen molar-refractivity contribution in [2.24, 2.45) is 7.05 Å². The average molecular weight is 324 g/mol. The highest BCUT2D eigenvalue weighted by Crippen LogP contribution is 2.18. The van der Waals surface area contributed by atoms with E-state index in [1.54, 1.807) is 24.5 Å². The fourth-order valence-electron chi connectivity index (χ4n) is 1.64. The van der Waals surface area contributed by atoms with Crippen LogP contribution in [0.3, 0.4) is 0 Å². The number of halogens is 1. The second kappa shape index (κ2) is 5.83. The summed E-state index contributed by atoms with van der Waals surface area (Å²) in [5.41, 5.74) is 6.70. The number of aryl methyl sites for hydroxylation is 1. The summed E-state index contributed by atoms with van der Waals surface area (Å²) in [6, 6.07) is 5.19. The van der Waals surface area contributed by atoms with Crippen LogP contribution in [0, 0.1) is 0 Å². The number of nitrogens with zero attached hydrogens (tertiary/aromatic N) is 3. The molecule has 0 bridgehead atoms. The van der Waals surface area contributed by atoms with Gasteiger partial charge in [0.1, 0.15) is 12.2 Å². The summed E-state index contributed by atoms with van der Waals surface area (Å²) >= 11 is 3.32. The van der Waals surface area contributed by atoms with Crippen molar-refractivity contribution in [2.75, 3.05) is 12.3 Å². The van der Waals surface area contributed by atoms with Gasteiger partial charge in [-0.2, -0.15) is 0 Å². The number of carbonyl (C=O) groups excluding carboxylic acids is 1. The van der Waals surface area contributed by atoms with Crippen molar-refractivity contribution >= 4 is 27.5 Å². The summed E-state index contributed by atoms with van der Waals surface area (Å²) in [6.45, 7) is 0.483. The number of nitrogens with two attached hydrogens (primary N) is 1. The van der Waals surface area contributed by atoms with Gasteiger partial charge in [-0.25, -0.2) is 0 Å². The third-order valence-electron chi connectivity index (χ3n) is 2.70. The van der Waals surface area contributed by atoms with Crippen molar-refractivity contribution in [2.45, 2.75) is 6.42 Å². The lowest BCUT2D eigenvalue weighted by Gasteiger charge is -2.07. The molecule has 3 N–H and O–H groups in total. The summed E-state index contributed by atoms with van der Waals surface area (Å²) in [5.74, 6) is 0.628. The normalized spacial score (nSPS) is 10.4. The Labute approximate surface area is 119 Å². The molecule has 0 radical (unpaired) electrons. The molecule has 6 nitrogen and oxygen atoms in total. The zero-order valence-electron chi connectivity index (χ0n) is 10.4. The van der Waals surface area contributed by atoms with Crippen LogP contribution in [0.25, 0.3) is 0 Å². The van der Waals surface area contributed by atoms with E-state index in [1.165, 1.54) is 0 Å². The van der Waals surface area contributed by atoms with Crippen molar-refractivity contribution in [3.8, 4) is 0 Å². The molecule has 0 atom stereocenters. The van der Waals surface area contributed by atoms with Crippen molar-refractivity contribution in [1.82, 2.24) is 20.1 Å². The van der Waals surface area contributed by atoms with Gasteiger partial charge in [0.2, 0.25) is 0 Å². The van der Waals surface area contributed by atoms with E-state index < -0.39 is 0 Å². The van der Waals surface area contributed by atoms with Gasteiger partial charge in [-0.1, -0.05) is 15.9 Å². The predicted molar refractivity (Wildman–Crippen MR) is 75.6 cm³/mol. The van der Waals surface area contributed by atoms with Crippen LogP contribution < -0.4 is 11.1 Å². The maximum absolute atomic E-state index is 12.0. The van der Waals surface area contributed by atoms with Crippen LogP contribution in [0.4, 0.5) is 5.69 Å². The molecule has 0 saturated heterocycles. The summed E-state index contributed by atoms with van der Waals surface area (Å²) in [4.78, 5) is 12.0. The minimum absolute atomic E-state index is 0.194. The molecule has 1 aromatic heterocycles. The molecule has 0 saturated carbocycles. The van der Waals surface area contributed by atoms with Gasteiger partial charge in [-0.05, 0) is 18.2 Å². The molecule has 7 heteroatoms. The van der Waals surface area contributed by atoms with Gasteiger partial charge in [0, 0.05) is 30.2 Å². The molecule has 100 valence electrons. The molecule has 0 unspecified atom stereocenters. The Hall–Kier alpha value is -1.89. The zero-order valence-corrected chi connectivity index (χ0v) is 12.0. The van der Waals surface area contributed by atoms with E-state index in [4.69, 9.17) is 5.73 Å². The first kappa shape index (κ1) is 13.5. The molecular weight excluding hydrogens is 310 g/mol. The number of hydrogen-bond donors (Lipinski definition) is 2. The Balaban J connectivity index is 1.94. The van der Waals surface area contributed by atoms with E-state index >= 15 is 0 Å². The van der Waals surface area contributed by atoms with Gasteiger partial charge in [0.05, 0.1) is 5.56 Å². The minimum Gasteiger partial charge on any atom is -0.398 e. The van der Waals surface area contributed by atoms with Crippen LogP contribution in [0.2, 0.25) is 0 Å². The van der Waals surface area contributed by atoms with E-state index in [2.05, 4.69) is 31.4 Å². The van der Waals surface area contributed by atoms with Crippen LogP contribution in [-0.4, -0.2) is 27.2 Å². The van der Waals surface area contributed by atoms with Gasteiger partial charge in [0.25, 0.3) is 5.91 Å². The highest BCUT2D eigenvalue weighted by molar-refractivity contribution is 9.10. The van der Waals surface area contributed by atoms with Crippen LogP contribution in [-0.2, 0) is 13.5 Å². The van der Waals surface area contributed by atoms with Crippen molar-refractivity contribution < 1.29 is 4.79 Å². The van der Waals surface area contributed by atoms with Gasteiger partial charge >= 0.3 is 0 Å². The first-order valence-corrected chi connectivity index (χ1v) is 6.53. The van der Waals surface area contributed by atoms with E-state index in [0.717, 1.165) is 10.3 Å². The second-order valence-electron chi connectivity index (χ2n) is 4.10. The van der Waals surface area contributed by atoms with Crippen LogP contribution in [0.5, 0.6) is 0 Å². The molecule has 19 heavy (non-hydrogen) atoms. The first-order valence-electron chi connectivity index (χ1n) is 5.74. The number of hydrogen-bond acceptors (Lipinski definition) is 4. The molecule has 0 spiro atoms. The maximum Gasteiger partial charge on any atom is 0.253 e. The zero-order chi connectivity index (χ0) is 13.8. The molecule has 1 heterocycles. The Bertz CT molecular complexity index is 596. The third kappa shape index (κ3) is 3.31. The standard InChI is InChI=1S/C12H14BrN5O/c1-18-7-16-17-11(18)4-5-15-12(19)9-6-8(13)2-3-10(9)14/h2-3,6-7H,4-5,14H2,1H3,(H,15,19). The van der Waals surface area contributed by atoms with Gasteiger partial charge in [-0.15, -0.1) is 10.2 Å². The Morgan fingerprint density at radius 3 is 3.00 bits per heavy atom. The Morgan fingerprint density at radius 1 is 1.53 bits per heavy atom. The minimum atomic E-state index is -0.194. The van der Waals surface area contributed by atoms with E-state index in [1.807, 2.05) is 11.6 Å². The number of anilines is 1. The summed E-state index contributed by atoms with van der Waals surface area (Å²) in [5, 5.41) is 10.5. The number of carbonyl (C=O) groups is 1. The average Bonchev–Trinajstić information content (AvgIpc) is 2.78.